The summed E-state index contributed by atoms with van der Waals surface area (Å²) in [5.41, 5.74) is 3.48. The molecule has 1 unspecified atom stereocenters. The number of hydrogen-bond donors (Lipinski definition) is 1. The molecule has 0 bridgehead atoms. The van der Waals surface area contributed by atoms with Gasteiger partial charge in [-0.1, -0.05) is 38.1 Å². The van der Waals surface area contributed by atoms with Gasteiger partial charge in [-0.25, -0.2) is 9.37 Å². The fourth-order valence-corrected chi connectivity index (χ4v) is 5.58. The van der Waals surface area contributed by atoms with Crippen LogP contribution in [-0.4, -0.2) is 40.5 Å². The van der Waals surface area contributed by atoms with Gasteiger partial charge in [0.15, 0.2) is 0 Å². The molecule has 7 heteroatoms. The molecule has 2 aliphatic rings. The topological polar surface area (TPSA) is 41.1 Å². The third kappa shape index (κ3) is 5.13. The second-order valence-electron chi connectivity index (χ2n) is 8.94. The Labute approximate surface area is 204 Å². The maximum atomic E-state index is 13.2. The van der Waals surface area contributed by atoms with E-state index in [1.807, 2.05) is 35.7 Å². The van der Waals surface area contributed by atoms with Crippen molar-refractivity contribution in [3.8, 4) is 0 Å². The monoisotopic (exact) mass is 484 g/mol. The number of pyridine rings is 1. The van der Waals surface area contributed by atoms with E-state index in [2.05, 4.69) is 36.2 Å². The zero-order valence-corrected chi connectivity index (χ0v) is 20.7. The largest absolute Gasteiger partial charge is 0.365 e. The summed E-state index contributed by atoms with van der Waals surface area (Å²) in [6.45, 7) is 7.21. The molecule has 1 aliphatic heterocycles. The molecule has 1 fully saturated rings. The number of halogens is 2. The lowest BCUT2D eigenvalue weighted by atomic mass is 10.0. The van der Waals surface area contributed by atoms with Gasteiger partial charge in [-0.2, -0.15) is 0 Å². The first-order valence-electron chi connectivity index (χ1n) is 11.5. The lowest BCUT2D eigenvalue weighted by molar-refractivity contribution is 0.267. The number of aryl methyl sites for hydroxylation is 1. The van der Waals surface area contributed by atoms with Crippen molar-refractivity contribution in [2.45, 2.75) is 45.1 Å². The first kappa shape index (κ1) is 23.9. The number of piperazine rings is 1. The molecule has 0 radical (unpaired) electrons. The lowest BCUT2D eigenvalue weighted by Gasteiger charge is -2.36. The van der Waals surface area contributed by atoms with Gasteiger partial charge in [0.1, 0.15) is 11.5 Å². The molecular weight excluding hydrogens is 455 g/mol. The van der Waals surface area contributed by atoms with E-state index in [0.717, 1.165) is 49.9 Å². The molecular formula is C26H30ClFN4S. The van der Waals surface area contributed by atoms with E-state index in [1.54, 1.807) is 12.1 Å². The van der Waals surface area contributed by atoms with Crippen molar-refractivity contribution >= 4 is 35.5 Å². The van der Waals surface area contributed by atoms with Crippen LogP contribution in [0.15, 0.2) is 42.6 Å². The molecule has 0 saturated carbocycles. The van der Waals surface area contributed by atoms with Gasteiger partial charge in [0, 0.05) is 49.1 Å². The van der Waals surface area contributed by atoms with E-state index in [9.17, 15) is 4.39 Å². The highest BCUT2D eigenvalue weighted by Gasteiger charge is 2.27. The highest BCUT2D eigenvalue weighted by atomic mass is 35.5. The predicted molar refractivity (Wildman–Crippen MR) is 136 cm³/mol. The quantitative estimate of drug-likeness (QED) is 0.600. The zero-order valence-electron chi connectivity index (χ0n) is 19.1. The molecule has 4 nitrogen and oxygen atoms in total. The average molecular weight is 485 g/mol. The molecule has 2 aromatic heterocycles. The minimum Gasteiger partial charge on any atom is -0.365 e. The number of hydrogen-bond acceptors (Lipinski definition) is 5. The van der Waals surface area contributed by atoms with Crippen LogP contribution in [0.4, 0.5) is 4.39 Å². The van der Waals surface area contributed by atoms with Crippen LogP contribution in [0.5, 0.6) is 0 Å². The molecule has 5 rings (SSSR count). The number of nitrogens with zero attached hydrogens (tertiary/aromatic N) is 3. The molecule has 1 aliphatic carbocycles. The Hall–Kier alpha value is -2.28. The van der Waals surface area contributed by atoms with Crippen LogP contribution < -0.4 is 15.9 Å². The van der Waals surface area contributed by atoms with Crippen molar-refractivity contribution < 1.29 is 4.39 Å². The van der Waals surface area contributed by atoms with E-state index < -0.39 is 0 Å². The van der Waals surface area contributed by atoms with Gasteiger partial charge < -0.3 is 10.2 Å². The smallest absolute Gasteiger partial charge is 0.123 e. The summed E-state index contributed by atoms with van der Waals surface area (Å²) < 4.78 is 13.2. The number of rotatable bonds is 5. The number of nitrogens with one attached hydrogen (secondary N) is 1. The SMILES string of the molecule is CC(C)c1nc2c(s1)CC=c1cccnc1=C2N1CCNC(CCc2ccc(F)cc2)C1.Cl. The van der Waals surface area contributed by atoms with Crippen LogP contribution in [0.25, 0.3) is 11.8 Å². The zero-order chi connectivity index (χ0) is 22.1. The summed E-state index contributed by atoms with van der Waals surface area (Å²) >= 11 is 1.84. The van der Waals surface area contributed by atoms with Crippen LogP contribution in [0.2, 0.25) is 0 Å². The van der Waals surface area contributed by atoms with Crippen LogP contribution in [0.1, 0.15) is 47.3 Å². The predicted octanol–water partition coefficient (Wildman–Crippen LogP) is 3.62. The fraction of sp³-hybridized carbons (Fsp3) is 0.385. The van der Waals surface area contributed by atoms with Crippen molar-refractivity contribution in [2.75, 3.05) is 19.6 Å². The molecule has 33 heavy (non-hydrogen) atoms. The third-order valence-electron chi connectivity index (χ3n) is 6.27. The first-order chi connectivity index (χ1) is 15.6. The van der Waals surface area contributed by atoms with Gasteiger partial charge in [-0.15, -0.1) is 23.7 Å². The first-order valence-corrected chi connectivity index (χ1v) is 12.3. The van der Waals surface area contributed by atoms with E-state index in [1.165, 1.54) is 26.4 Å². The lowest BCUT2D eigenvalue weighted by Crippen LogP contribution is -2.52. The van der Waals surface area contributed by atoms with Crippen molar-refractivity contribution in [1.29, 1.82) is 0 Å². The fourth-order valence-electron chi connectivity index (χ4n) is 4.55. The second-order valence-corrected chi connectivity index (χ2v) is 10.1. The van der Waals surface area contributed by atoms with Crippen LogP contribution in [-0.2, 0) is 12.8 Å². The molecule has 1 N–H and O–H groups in total. The second kappa shape index (κ2) is 10.3. The summed E-state index contributed by atoms with van der Waals surface area (Å²) in [4.78, 5) is 13.8. The Morgan fingerprint density at radius 2 is 2.03 bits per heavy atom. The maximum absolute atomic E-state index is 13.2. The Morgan fingerprint density at radius 1 is 1.21 bits per heavy atom. The minimum absolute atomic E-state index is 0. The molecule has 1 saturated heterocycles. The summed E-state index contributed by atoms with van der Waals surface area (Å²) in [5.74, 6) is 0.242. The Bertz CT molecular complexity index is 1220. The molecule has 1 atom stereocenters. The van der Waals surface area contributed by atoms with Crippen molar-refractivity contribution in [3.63, 3.8) is 0 Å². The normalized spacial score (nSPS) is 17.6. The Kier molecular flexibility index (Phi) is 7.47. The number of fused-ring (bicyclic) bond motifs is 2. The van der Waals surface area contributed by atoms with E-state index >= 15 is 0 Å². The third-order valence-corrected chi connectivity index (χ3v) is 7.65. The van der Waals surface area contributed by atoms with Crippen LogP contribution >= 0.6 is 23.7 Å². The Morgan fingerprint density at radius 3 is 2.82 bits per heavy atom. The van der Waals surface area contributed by atoms with Gasteiger partial charge in [0.25, 0.3) is 0 Å². The van der Waals surface area contributed by atoms with Gasteiger partial charge in [0.05, 0.1) is 16.1 Å². The van der Waals surface area contributed by atoms with Gasteiger partial charge in [-0.05, 0) is 41.8 Å². The summed E-state index contributed by atoms with van der Waals surface area (Å²) in [6.07, 6.45) is 7.04. The molecule has 174 valence electrons. The van der Waals surface area contributed by atoms with Gasteiger partial charge in [0.2, 0.25) is 0 Å². The van der Waals surface area contributed by atoms with Gasteiger partial charge >= 0.3 is 0 Å². The van der Waals surface area contributed by atoms with Gasteiger partial charge in [-0.3, -0.25) is 4.98 Å². The highest BCUT2D eigenvalue weighted by molar-refractivity contribution is 7.12. The van der Waals surface area contributed by atoms with Crippen LogP contribution in [0, 0.1) is 5.82 Å². The van der Waals surface area contributed by atoms with Crippen molar-refractivity contribution in [2.24, 2.45) is 0 Å². The van der Waals surface area contributed by atoms with E-state index in [0.29, 0.717) is 12.0 Å². The van der Waals surface area contributed by atoms with E-state index in [4.69, 9.17) is 9.97 Å². The van der Waals surface area contributed by atoms with Crippen LogP contribution in [0.3, 0.4) is 0 Å². The summed E-state index contributed by atoms with van der Waals surface area (Å²) in [7, 11) is 0. The van der Waals surface area contributed by atoms with Crippen molar-refractivity contribution in [3.05, 3.63) is 80.1 Å². The summed E-state index contributed by atoms with van der Waals surface area (Å²) in [6, 6.07) is 11.4. The molecule has 1 aromatic carbocycles. The standard InChI is InChI=1S/C26H29FN4S.ClH/c1-17(2)26-30-24-22(32-26)12-8-19-4-3-13-29-23(19)25(24)31-15-14-28-21(16-31)11-7-18-5-9-20(27)10-6-18;/h3-6,8-10,13,17,21,28H,7,11-12,14-16H2,1-2H3;1H. The molecule has 3 aromatic rings. The maximum Gasteiger partial charge on any atom is 0.123 e. The number of aromatic nitrogens is 2. The summed E-state index contributed by atoms with van der Waals surface area (Å²) in [5, 5.41) is 7.12. The molecule has 0 amide bonds. The number of thiazole rings is 1. The number of benzene rings is 1. The molecule has 0 spiro atoms. The minimum atomic E-state index is -0.178. The average Bonchev–Trinajstić information content (AvgIpc) is 3.16. The Balaban J connectivity index is 0.00000259. The highest BCUT2D eigenvalue weighted by Crippen LogP contribution is 2.31. The van der Waals surface area contributed by atoms with Crippen molar-refractivity contribution in [1.82, 2.24) is 20.2 Å². The molecule has 3 heterocycles. The van der Waals surface area contributed by atoms with E-state index in [-0.39, 0.29) is 18.2 Å².